The zero-order valence-corrected chi connectivity index (χ0v) is 11.7. The molecule has 19 heavy (non-hydrogen) atoms. The first kappa shape index (κ1) is 15.8. The Labute approximate surface area is 113 Å². The predicted molar refractivity (Wildman–Crippen MR) is 71.0 cm³/mol. The van der Waals surface area contributed by atoms with Gasteiger partial charge in [-0.1, -0.05) is 6.92 Å². The largest absolute Gasteiger partial charge is 0.481 e. The highest BCUT2D eigenvalue weighted by Crippen LogP contribution is 2.23. The average molecular weight is 272 g/mol. The monoisotopic (exact) mass is 272 g/mol. The van der Waals surface area contributed by atoms with Crippen molar-refractivity contribution in [1.82, 2.24) is 10.6 Å². The Bertz CT molecular complexity index is 314. The van der Waals surface area contributed by atoms with Gasteiger partial charge in [-0.3, -0.25) is 4.79 Å². The van der Waals surface area contributed by atoms with Crippen LogP contribution in [-0.2, 0) is 9.53 Å². The van der Waals surface area contributed by atoms with Crippen LogP contribution in [0.3, 0.4) is 0 Å². The number of carboxylic acids is 1. The number of urea groups is 1. The molecule has 0 spiro atoms. The molecule has 6 nitrogen and oxygen atoms in total. The summed E-state index contributed by atoms with van der Waals surface area (Å²) in [5.74, 6) is -1.16. The van der Waals surface area contributed by atoms with Gasteiger partial charge in [-0.05, 0) is 32.6 Å². The van der Waals surface area contributed by atoms with E-state index in [2.05, 4.69) is 10.6 Å². The third-order valence-corrected chi connectivity index (χ3v) is 3.44. The molecule has 110 valence electrons. The van der Waals surface area contributed by atoms with Gasteiger partial charge in [0.1, 0.15) is 0 Å². The third-order valence-electron chi connectivity index (χ3n) is 3.44. The lowest BCUT2D eigenvalue weighted by Gasteiger charge is -2.23. The first-order valence-electron chi connectivity index (χ1n) is 6.81. The second-order valence-electron chi connectivity index (χ2n) is 5.39. The fourth-order valence-electron chi connectivity index (χ4n) is 2.04. The summed E-state index contributed by atoms with van der Waals surface area (Å²) in [6.07, 6.45) is 3.22. The SMILES string of the molecule is CC(CCCNC(=O)NCC1(C)CCCO1)C(=O)O. The van der Waals surface area contributed by atoms with E-state index in [0.29, 0.717) is 25.9 Å². The lowest BCUT2D eigenvalue weighted by atomic mass is 10.0. The molecule has 6 heteroatoms. The normalized spacial score (nSPS) is 23.9. The molecule has 2 amide bonds. The first-order chi connectivity index (χ1) is 8.93. The Hall–Kier alpha value is -1.30. The molecule has 0 bridgehead atoms. The smallest absolute Gasteiger partial charge is 0.314 e. The fraction of sp³-hybridized carbons (Fsp3) is 0.846. The summed E-state index contributed by atoms with van der Waals surface area (Å²) in [4.78, 5) is 22.1. The van der Waals surface area contributed by atoms with E-state index in [1.807, 2.05) is 6.92 Å². The molecule has 2 unspecified atom stereocenters. The summed E-state index contributed by atoms with van der Waals surface area (Å²) in [6.45, 7) is 5.41. The van der Waals surface area contributed by atoms with Crippen molar-refractivity contribution < 1.29 is 19.4 Å². The van der Waals surface area contributed by atoms with Crippen molar-refractivity contribution in [2.75, 3.05) is 19.7 Å². The fourth-order valence-corrected chi connectivity index (χ4v) is 2.04. The second kappa shape index (κ2) is 7.33. The Morgan fingerprint density at radius 2 is 2.16 bits per heavy atom. The number of amides is 2. The molecule has 0 saturated carbocycles. The van der Waals surface area contributed by atoms with Crippen LogP contribution in [0.2, 0.25) is 0 Å². The Morgan fingerprint density at radius 3 is 2.74 bits per heavy atom. The van der Waals surface area contributed by atoms with Crippen LogP contribution in [0.25, 0.3) is 0 Å². The minimum Gasteiger partial charge on any atom is -0.481 e. The molecule has 1 aliphatic rings. The van der Waals surface area contributed by atoms with Gasteiger partial charge in [0.15, 0.2) is 0 Å². The van der Waals surface area contributed by atoms with Crippen LogP contribution in [0, 0.1) is 5.92 Å². The van der Waals surface area contributed by atoms with Crippen LogP contribution < -0.4 is 10.6 Å². The molecular weight excluding hydrogens is 248 g/mol. The van der Waals surface area contributed by atoms with Gasteiger partial charge in [-0.15, -0.1) is 0 Å². The number of hydrogen-bond acceptors (Lipinski definition) is 3. The van der Waals surface area contributed by atoms with Gasteiger partial charge in [0, 0.05) is 19.7 Å². The highest BCUT2D eigenvalue weighted by molar-refractivity contribution is 5.73. The summed E-state index contributed by atoms with van der Waals surface area (Å²) >= 11 is 0. The van der Waals surface area contributed by atoms with Gasteiger partial charge >= 0.3 is 12.0 Å². The minimum atomic E-state index is -0.796. The van der Waals surface area contributed by atoms with E-state index >= 15 is 0 Å². The predicted octanol–water partition coefficient (Wildman–Crippen LogP) is 1.36. The van der Waals surface area contributed by atoms with Crippen LogP contribution in [-0.4, -0.2) is 42.4 Å². The molecule has 2 atom stereocenters. The number of ether oxygens (including phenoxy) is 1. The van der Waals surface area contributed by atoms with Crippen molar-refractivity contribution in [3.8, 4) is 0 Å². The van der Waals surface area contributed by atoms with Gasteiger partial charge in [0.2, 0.25) is 0 Å². The number of carbonyl (C=O) groups is 2. The minimum absolute atomic E-state index is 0.222. The summed E-state index contributed by atoms with van der Waals surface area (Å²) in [6, 6.07) is -0.222. The van der Waals surface area contributed by atoms with Crippen LogP contribution in [0.4, 0.5) is 4.79 Å². The maximum atomic E-state index is 11.5. The molecule has 1 saturated heterocycles. The second-order valence-corrected chi connectivity index (χ2v) is 5.39. The molecule has 1 rings (SSSR count). The summed E-state index contributed by atoms with van der Waals surface area (Å²) in [5.41, 5.74) is -0.241. The standard InChI is InChI=1S/C13H24N2O4/c1-10(11(16)17)5-3-7-14-12(18)15-9-13(2)6-4-8-19-13/h10H,3-9H2,1-2H3,(H,16,17)(H2,14,15,18). The van der Waals surface area contributed by atoms with E-state index in [9.17, 15) is 9.59 Å². The van der Waals surface area contributed by atoms with Crippen LogP contribution in [0.1, 0.15) is 39.5 Å². The zero-order valence-electron chi connectivity index (χ0n) is 11.7. The number of rotatable bonds is 7. The summed E-state index contributed by atoms with van der Waals surface area (Å²) < 4.78 is 5.57. The first-order valence-corrected chi connectivity index (χ1v) is 6.81. The molecule has 0 aromatic rings. The van der Waals surface area contributed by atoms with Crippen molar-refractivity contribution >= 4 is 12.0 Å². The quantitative estimate of drug-likeness (QED) is 0.611. The number of carboxylic acid groups (broad SMARTS) is 1. The molecule has 0 aromatic carbocycles. The van der Waals surface area contributed by atoms with Crippen LogP contribution in [0.15, 0.2) is 0 Å². The van der Waals surface area contributed by atoms with E-state index in [-0.39, 0.29) is 17.6 Å². The molecule has 1 fully saturated rings. The number of aliphatic carboxylic acids is 1. The Morgan fingerprint density at radius 1 is 1.42 bits per heavy atom. The zero-order chi connectivity index (χ0) is 14.3. The maximum Gasteiger partial charge on any atom is 0.314 e. The highest BCUT2D eigenvalue weighted by Gasteiger charge is 2.29. The molecule has 0 aliphatic carbocycles. The summed E-state index contributed by atoms with van der Waals surface area (Å²) in [5, 5.41) is 14.2. The molecule has 0 radical (unpaired) electrons. The summed E-state index contributed by atoms with van der Waals surface area (Å²) in [7, 11) is 0. The van der Waals surface area contributed by atoms with E-state index in [1.165, 1.54) is 0 Å². The highest BCUT2D eigenvalue weighted by atomic mass is 16.5. The molecule has 3 N–H and O–H groups in total. The van der Waals surface area contributed by atoms with Crippen molar-refractivity contribution in [2.24, 2.45) is 5.92 Å². The van der Waals surface area contributed by atoms with Crippen molar-refractivity contribution in [3.05, 3.63) is 0 Å². The van der Waals surface area contributed by atoms with E-state index in [4.69, 9.17) is 9.84 Å². The van der Waals surface area contributed by atoms with Gasteiger partial charge < -0.3 is 20.5 Å². The van der Waals surface area contributed by atoms with Crippen molar-refractivity contribution in [3.63, 3.8) is 0 Å². The lowest BCUT2D eigenvalue weighted by molar-refractivity contribution is -0.141. The van der Waals surface area contributed by atoms with Crippen molar-refractivity contribution in [2.45, 2.75) is 45.1 Å². The average Bonchev–Trinajstić information content (AvgIpc) is 2.79. The number of hydrogen-bond donors (Lipinski definition) is 3. The van der Waals surface area contributed by atoms with Gasteiger partial charge in [-0.2, -0.15) is 0 Å². The van der Waals surface area contributed by atoms with Crippen LogP contribution >= 0.6 is 0 Å². The number of carbonyl (C=O) groups excluding carboxylic acids is 1. The Kier molecular flexibility index (Phi) is 6.08. The Balaban J connectivity index is 2.06. The van der Waals surface area contributed by atoms with Gasteiger partial charge in [-0.25, -0.2) is 4.79 Å². The molecule has 1 heterocycles. The van der Waals surface area contributed by atoms with Crippen LogP contribution in [0.5, 0.6) is 0 Å². The van der Waals surface area contributed by atoms with E-state index < -0.39 is 5.97 Å². The lowest BCUT2D eigenvalue weighted by Crippen LogP contribution is -2.44. The topological polar surface area (TPSA) is 87.7 Å². The van der Waals surface area contributed by atoms with E-state index in [0.717, 1.165) is 19.4 Å². The molecular formula is C13H24N2O4. The van der Waals surface area contributed by atoms with E-state index in [1.54, 1.807) is 6.92 Å². The maximum absolute atomic E-state index is 11.5. The van der Waals surface area contributed by atoms with Gasteiger partial charge in [0.05, 0.1) is 11.5 Å². The molecule has 0 aromatic heterocycles. The van der Waals surface area contributed by atoms with Crippen molar-refractivity contribution in [1.29, 1.82) is 0 Å². The third kappa shape index (κ3) is 5.92. The molecule has 1 aliphatic heterocycles. The number of nitrogens with one attached hydrogen (secondary N) is 2. The van der Waals surface area contributed by atoms with Gasteiger partial charge in [0.25, 0.3) is 0 Å².